The third kappa shape index (κ3) is 2.45. The van der Waals surface area contributed by atoms with Crippen LogP contribution in [0, 0.1) is 5.92 Å². The van der Waals surface area contributed by atoms with Crippen LogP contribution in [0.5, 0.6) is 0 Å². The van der Waals surface area contributed by atoms with Gasteiger partial charge in [-0.25, -0.2) is 0 Å². The van der Waals surface area contributed by atoms with E-state index in [1.807, 2.05) is 12.1 Å². The second-order valence-electron chi connectivity index (χ2n) is 4.47. The average molecular weight is 238 g/mol. The molecular weight excluding hydrogens is 222 g/mol. The third-order valence-electron chi connectivity index (χ3n) is 3.36. The molecule has 0 bridgehead atoms. The standard InChI is InChI=1S/C13H16ClNO/c1-15-7-6-10(9-16)8-13(15)11-2-4-12(14)5-3-11/h2-5,9-10,13H,6-8H2,1H3. The highest BCUT2D eigenvalue weighted by molar-refractivity contribution is 6.30. The molecule has 86 valence electrons. The first kappa shape index (κ1) is 11.6. The molecule has 2 rings (SSSR count). The molecule has 16 heavy (non-hydrogen) atoms. The number of halogens is 1. The van der Waals surface area contributed by atoms with E-state index < -0.39 is 0 Å². The molecule has 1 aliphatic heterocycles. The lowest BCUT2D eigenvalue weighted by Gasteiger charge is -2.35. The molecule has 1 aliphatic rings. The lowest BCUT2D eigenvalue weighted by Crippen LogP contribution is -2.34. The normalized spacial score (nSPS) is 26.6. The van der Waals surface area contributed by atoms with Crippen molar-refractivity contribution in [2.75, 3.05) is 13.6 Å². The van der Waals surface area contributed by atoms with Gasteiger partial charge in [0.2, 0.25) is 0 Å². The summed E-state index contributed by atoms with van der Waals surface area (Å²) in [6.45, 7) is 0.983. The predicted octanol–water partition coefficient (Wildman–Crippen LogP) is 2.92. The summed E-state index contributed by atoms with van der Waals surface area (Å²) in [5.41, 5.74) is 1.25. The molecule has 3 heteroatoms. The van der Waals surface area contributed by atoms with Crippen LogP contribution >= 0.6 is 11.6 Å². The van der Waals surface area contributed by atoms with Gasteiger partial charge in [0.15, 0.2) is 0 Å². The SMILES string of the molecule is CN1CCC(C=O)CC1c1ccc(Cl)cc1. The Bertz CT molecular complexity index is 363. The zero-order valence-corrected chi connectivity index (χ0v) is 10.2. The van der Waals surface area contributed by atoms with Gasteiger partial charge in [-0.2, -0.15) is 0 Å². The molecule has 1 heterocycles. The van der Waals surface area contributed by atoms with E-state index in [-0.39, 0.29) is 5.92 Å². The van der Waals surface area contributed by atoms with Crippen LogP contribution < -0.4 is 0 Å². The van der Waals surface area contributed by atoms with Gasteiger partial charge in [0, 0.05) is 17.0 Å². The van der Waals surface area contributed by atoms with Crippen molar-refractivity contribution in [1.29, 1.82) is 0 Å². The molecule has 0 spiro atoms. The van der Waals surface area contributed by atoms with Gasteiger partial charge in [-0.3, -0.25) is 4.90 Å². The quantitative estimate of drug-likeness (QED) is 0.738. The molecule has 0 aromatic heterocycles. The first-order valence-corrected chi connectivity index (χ1v) is 5.99. The minimum absolute atomic E-state index is 0.205. The molecule has 1 fully saturated rings. The van der Waals surface area contributed by atoms with E-state index in [1.165, 1.54) is 5.56 Å². The van der Waals surface area contributed by atoms with Crippen molar-refractivity contribution in [2.45, 2.75) is 18.9 Å². The molecule has 1 saturated heterocycles. The Kier molecular flexibility index (Phi) is 3.62. The van der Waals surface area contributed by atoms with Crippen molar-refractivity contribution in [3.05, 3.63) is 34.9 Å². The predicted molar refractivity (Wildman–Crippen MR) is 65.6 cm³/mol. The van der Waals surface area contributed by atoms with Crippen LogP contribution in [0.25, 0.3) is 0 Å². The van der Waals surface area contributed by atoms with E-state index in [9.17, 15) is 4.79 Å². The summed E-state index contributed by atoms with van der Waals surface area (Å²) in [6, 6.07) is 8.28. The minimum atomic E-state index is 0.205. The molecule has 0 radical (unpaired) electrons. The van der Waals surface area contributed by atoms with Crippen molar-refractivity contribution in [1.82, 2.24) is 4.90 Å². The number of piperidine rings is 1. The molecular formula is C13H16ClNO. The Morgan fingerprint density at radius 2 is 2.06 bits per heavy atom. The summed E-state index contributed by atoms with van der Waals surface area (Å²) in [4.78, 5) is 13.2. The van der Waals surface area contributed by atoms with Gasteiger partial charge < -0.3 is 4.79 Å². The number of rotatable bonds is 2. The number of carbonyl (C=O) groups is 1. The van der Waals surface area contributed by atoms with Crippen molar-refractivity contribution in [3.63, 3.8) is 0 Å². The summed E-state index contributed by atoms with van der Waals surface area (Å²) in [5.74, 6) is 0.205. The molecule has 2 atom stereocenters. The summed E-state index contributed by atoms with van der Waals surface area (Å²) in [5, 5.41) is 0.758. The molecule has 0 amide bonds. The zero-order valence-electron chi connectivity index (χ0n) is 9.40. The van der Waals surface area contributed by atoms with E-state index >= 15 is 0 Å². The summed E-state index contributed by atoms with van der Waals surface area (Å²) >= 11 is 5.87. The molecule has 0 N–H and O–H groups in total. The van der Waals surface area contributed by atoms with E-state index in [2.05, 4.69) is 24.1 Å². The van der Waals surface area contributed by atoms with E-state index in [1.54, 1.807) is 0 Å². The van der Waals surface area contributed by atoms with Crippen LogP contribution in [0.3, 0.4) is 0 Å². The first-order valence-electron chi connectivity index (χ1n) is 5.61. The third-order valence-corrected chi connectivity index (χ3v) is 3.61. The number of carbonyl (C=O) groups excluding carboxylic acids is 1. The minimum Gasteiger partial charge on any atom is -0.303 e. The Labute approximate surface area is 101 Å². The Balaban J connectivity index is 2.17. The first-order chi connectivity index (χ1) is 7.70. The molecule has 1 aromatic carbocycles. The molecule has 0 saturated carbocycles. The molecule has 0 aliphatic carbocycles. The fourth-order valence-corrected chi connectivity index (χ4v) is 2.43. The number of nitrogens with zero attached hydrogens (tertiary/aromatic N) is 1. The van der Waals surface area contributed by atoms with Crippen molar-refractivity contribution in [3.8, 4) is 0 Å². The Morgan fingerprint density at radius 1 is 1.38 bits per heavy atom. The molecule has 2 unspecified atom stereocenters. The monoisotopic (exact) mass is 237 g/mol. The zero-order chi connectivity index (χ0) is 11.5. The average Bonchev–Trinajstić information content (AvgIpc) is 2.31. The van der Waals surface area contributed by atoms with Crippen LogP contribution in [0.15, 0.2) is 24.3 Å². The summed E-state index contributed by atoms with van der Waals surface area (Å²) in [7, 11) is 2.11. The number of hydrogen-bond donors (Lipinski definition) is 0. The van der Waals surface area contributed by atoms with Crippen molar-refractivity contribution < 1.29 is 4.79 Å². The highest BCUT2D eigenvalue weighted by Crippen LogP contribution is 2.32. The summed E-state index contributed by atoms with van der Waals surface area (Å²) < 4.78 is 0. The van der Waals surface area contributed by atoms with Crippen LogP contribution in [0.4, 0.5) is 0 Å². The van der Waals surface area contributed by atoms with E-state index in [0.717, 1.165) is 30.7 Å². The van der Waals surface area contributed by atoms with Gasteiger partial charge in [-0.05, 0) is 44.1 Å². The van der Waals surface area contributed by atoms with Gasteiger partial charge in [0.05, 0.1) is 0 Å². The fraction of sp³-hybridized carbons (Fsp3) is 0.462. The van der Waals surface area contributed by atoms with Crippen LogP contribution in [-0.2, 0) is 4.79 Å². The Morgan fingerprint density at radius 3 is 2.69 bits per heavy atom. The fourth-order valence-electron chi connectivity index (χ4n) is 2.31. The number of aldehydes is 1. The van der Waals surface area contributed by atoms with E-state index in [0.29, 0.717) is 6.04 Å². The van der Waals surface area contributed by atoms with Gasteiger partial charge in [0.1, 0.15) is 6.29 Å². The van der Waals surface area contributed by atoms with Crippen molar-refractivity contribution >= 4 is 17.9 Å². The van der Waals surface area contributed by atoms with Crippen molar-refractivity contribution in [2.24, 2.45) is 5.92 Å². The summed E-state index contributed by atoms with van der Waals surface area (Å²) in [6.07, 6.45) is 2.99. The lowest BCUT2D eigenvalue weighted by molar-refractivity contribution is -0.112. The van der Waals surface area contributed by atoms with E-state index in [4.69, 9.17) is 11.6 Å². The van der Waals surface area contributed by atoms with Gasteiger partial charge in [-0.15, -0.1) is 0 Å². The lowest BCUT2D eigenvalue weighted by atomic mass is 9.88. The number of hydrogen-bond acceptors (Lipinski definition) is 2. The van der Waals surface area contributed by atoms with Gasteiger partial charge in [-0.1, -0.05) is 23.7 Å². The van der Waals surface area contributed by atoms with Gasteiger partial charge >= 0.3 is 0 Å². The largest absolute Gasteiger partial charge is 0.303 e. The number of benzene rings is 1. The van der Waals surface area contributed by atoms with Crippen LogP contribution in [0.1, 0.15) is 24.4 Å². The highest BCUT2D eigenvalue weighted by Gasteiger charge is 2.26. The number of likely N-dealkylation sites (tertiary alicyclic amines) is 1. The molecule has 2 nitrogen and oxygen atoms in total. The van der Waals surface area contributed by atoms with Gasteiger partial charge in [0.25, 0.3) is 0 Å². The topological polar surface area (TPSA) is 20.3 Å². The second-order valence-corrected chi connectivity index (χ2v) is 4.90. The smallest absolute Gasteiger partial charge is 0.123 e. The second kappa shape index (κ2) is 4.98. The van der Waals surface area contributed by atoms with Crippen LogP contribution in [-0.4, -0.2) is 24.8 Å². The van der Waals surface area contributed by atoms with Crippen LogP contribution in [0.2, 0.25) is 5.02 Å². The maximum Gasteiger partial charge on any atom is 0.123 e. The molecule has 1 aromatic rings. The maximum atomic E-state index is 10.9. The maximum absolute atomic E-state index is 10.9. The highest BCUT2D eigenvalue weighted by atomic mass is 35.5. The Hall–Kier alpha value is -0.860.